The SMILES string of the molecule is CCOC(=O)CCNC(=O)C(c1ccc(O)c(C)c1)N(C(=O)C(CS)NC(=O)OC(C)(C)C)C(C)C. The molecule has 36 heavy (non-hydrogen) atoms. The molecule has 0 aliphatic carbocycles. The number of esters is 1. The summed E-state index contributed by atoms with van der Waals surface area (Å²) in [6.45, 7) is 12.2. The molecule has 0 radical (unpaired) electrons. The normalized spacial score (nSPS) is 12.9. The van der Waals surface area contributed by atoms with Crippen LogP contribution in [-0.4, -0.2) is 70.5 Å². The Morgan fingerprint density at radius 1 is 1.17 bits per heavy atom. The summed E-state index contributed by atoms with van der Waals surface area (Å²) >= 11 is 4.24. The third kappa shape index (κ3) is 9.60. The maximum atomic E-state index is 13.7. The average Bonchev–Trinajstić information content (AvgIpc) is 2.75. The van der Waals surface area contributed by atoms with Gasteiger partial charge in [-0.05, 0) is 71.7 Å². The fourth-order valence-electron chi connectivity index (χ4n) is 3.40. The third-order valence-corrected chi connectivity index (χ3v) is 5.34. The van der Waals surface area contributed by atoms with Crippen LogP contribution in [0.3, 0.4) is 0 Å². The van der Waals surface area contributed by atoms with E-state index in [1.54, 1.807) is 60.6 Å². The topological polar surface area (TPSA) is 134 Å². The van der Waals surface area contributed by atoms with Gasteiger partial charge in [-0.2, -0.15) is 12.6 Å². The molecule has 2 atom stereocenters. The number of aryl methyl sites for hydroxylation is 1. The van der Waals surface area contributed by atoms with Crippen molar-refractivity contribution in [1.82, 2.24) is 15.5 Å². The van der Waals surface area contributed by atoms with Crippen LogP contribution in [0.15, 0.2) is 18.2 Å². The van der Waals surface area contributed by atoms with Crippen molar-refractivity contribution in [3.63, 3.8) is 0 Å². The van der Waals surface area contributed by atoms with Gasteiger partial charge in [-0.1, -0.05) is 6.07 Å². The van der Waals surface area contributed by atoms with Gasteiger partial charge in [0.1, 0.15) is 23.4 Å². The fourth-order valence-corrected chi connectivity index (χ4v) is 3.65. The predicted molar refractivity (Wildman–Crippen MR) is 139 cm³/mol. The minimum Gasteiger partial charge on any atom is -0.508 e. The second kappa shape index (κ2) is 14.0. The molecule has 1 aromatic rings. The Kier molecular flexibility index (Phi) is 12.1. The molecule has 0 aliphatic rings. The van der Waals surface area contributed by atoms with Crippen LogP contribution in [0.1, 0.15) is 65.1 Å². The molecule has 3 N–H and O–H groups in total. The van der Waals surface area contributed by atoms with Crippen LogP contribution >= 0.6 is 12.6 Å². The van der Waals surface area contributed by atoms with Crippen LogP contribution in [0.25, 0.3) is 0 Å². The van der Waals surface area contributed by atoms with Crippen molar-refractivity contribution in [3.8, 4) is 5.75 Å². The van der Waals surface area contributed by atoms with Crippen LogP contribution in [0.5, 0.6) is 5.75 Å². The van der Waals surface area contributed by atoms with Gasteiger partial charge in [-0.15, -0.1) is 0 Å². The number of carbonyl (C=O) groups is 4. The minimum atomic E-state index is -1.11. The summed E-state index contributed by atoms with van der Waals surface area (Å²) in [5, 5.41) is 15.2. The summed E-state index contributed by atoms with van der Waals surface area (Å²) in [6, 6.07) is 1.97. The van der Waals surface area contributed by atoms with E-state index in [-0.39, 0.29) is 31.1 Å². The number of thiol groups is 1. The number of carbonyl (C=O) groups excluding carboxylic acids is 4. The number of benzene rings is 1. The average molecular weight is 526 g/mol. The van der Waals surface area contributed by atoms with Crippen molar-refractivity contribution < 1.29 is 33.8 Å². The molecule has 10 nitrogen and oxygen atoms in total. The van der Waals surface area contributed by atoms with E-state index >= 15 is 0 Å². The van der Waals surface area contributed by atoms with Crippen molar-refractivity contribution in [1.29, 1.82) is 0 Å². The molecule has 3 amide bonds. The molecule has 202 valence electrons. The van der Waals surface area contributed by atoms with Gasteiger partial charge in [0.05, 0.1) is 13.0 Å². The molecule has 1 rings (SSSR count). The molecule has 0 saturated carbocycles. The lowest BCUT2D eigenvalue weighted by Gasteiger charge is -2.37. The molecule has 11 heteroatoms. The van der Waals surface area contributed by atoms with Crippen molar-refractivity contribution in [2.75, 3.05) is 18.9 Å². The summed E-state index contributed by atoms with van der Waals surface area (Å²) in [5.41, 5.74) is 0.207. The monoisotopic (exact) mass is 525 g/mol. The molecule has 0 bridgehead atoms. The van der Waals surface area contributed by atoms with Gasteiger partial charge in [0.2, 0.25) is 11.8 Å². The lowest BCUT2D eigenvalue weighted by molar-refractivity contribution is -0.145. The number of rotatable bonds is 11. The lowest BCUT2D eigenvalue weighted by atomic mass is 9.99. The largest absolute Gasteiger partial charge is 0.508 e. The van der Waals surface area contributed by atoms with E-state index in [1.165, 1.54) is 11.0 Å². The maximum absolute atomic E-state index is 13.7. The zero-order valence-electron chi connectivity index (χ0n) is 22.1. The zero-order chi connectivity index (χ0) is 27.6. The van der Waals surface area contributed by atoms with Gasteiger partial charge in [0.15, 0.2) is 0 Å². The number of phenols is 1. The highest BCUT2D eigenvalue weighted by molar-refractivity contribution is 7.80. The van der Waals surface area contributed by atoms with E-state index in [2.05, 4.69) is 23.3 Å². The first-order valence-corrected chi connectivity index (χ1v) is 12.5. The van der Waals surface area contributed by atoms with Crippen LogP contribution in [-0.2, 0) is 23.9 Å². The summed E-state index contributed by atoms with van der Waals surface area (Å²) in [4.78, 5) is 52.5. The van der Waals surface area contributed by atoms with E-state index in [0.29, 0.717) is 11.1 Å². The molecule has 0 heterocycles. The molecular weight excluding hydrogens is 486 g/mol. The Morgan fingerprint density at radius 3 is 2.31 bits per heavy atom. The highest BCUT2D eigenvalue weighted by Gasteiger charge is 2.37. The molecule has 0 aliphatic heterocycles. The molecular formula is C25H39N3O7S. The Labute approximate surface area is 218 Å². The van der Waals surface area contributed by atoms with Crippen LogP contribution in [0, 0.1) is 6.92 Å². The van der Waals surface area contributed by atoms with Crippen molar-refractivity contribution in [2.45, 2.75) is 78.6 Å². The predicted octanol–water partition coefficient (Wildman–Crippen LogP) is 2.87. The number of nitrogens with zero attached hydrogens (tertiary/aromatic N) is 1. The standard InChI is InChI=1S/C25H39N3O7S/c1-8-34-20(30)11-12-26-22(31)21(17-9-10-19(29)16(4)13-17)28(15(2)3)23(32)18(14-36)27-24(33)35-25(5,6)7/h9-10,13,15,18,21,29,36H,8,11-12,14H2,1-7H3,(H,26,31)(H,27,33). The third-order valence-electron chi connectivity index (χ3n) is 4.98. The van der Waals surface area contributed by atoms with E-state index in [1.807, 2.05) is 0 Å². The maximum Gasteiger partial charge on any atom is 0.408 e. The minimum absolute atomic E-state index is 0.0114. The molecule has 0 spiro atoms. The Balaban J connectivity index is 3.32. The highest BCUT2D eigenvalue weighted by atomic mass is 32.1. The van der Waals surface area contributed by atoms with Gasteiger partial charge in [0.25, 0.3) is 0 Å². The summed E-state index contributed by atoms with van der Waals surface area (Å²) in [7, 11) is 0. The van der Waals surface area contributed by atoms with Gasteiger partial charge >= 0.3 is 12.1 Å². The molecule has 0 saturated heterocycles. The second-order valence-corrected chi connectivity index (χ2v) is 9.88. The van der Waals surface area contributed by atoms with Gasteiger partial charge in [-0.3, -0.25) is 14.4 Å². The number of phenolic OH excluding ortho intramolecular Hbond substituents is 1. The fraction of sp³-hybridized carbons (Fsp3) is 0.600. The van der Waals surface area contributed by atoms with Gasteiger partial charge in [0, 0.05) is 18.3 Å². The highest BCUT2D eigenvalue weighted by Crippen LogP contribution is 2.28. The number of ether oxygens (including phenoxy) is 2. The number of alkyl carbamates (subject to hydrolysis) is 1. The first-order chi connectivity index (χ1) is 16.7. The van der Waals surface area contributed by atoms with E-state index in [0.717, 1.165) is 0 Å². The van der Waals surface area contributed by atoms with Crippen LogP contribution in [0.2, 0.25) is 0 Å². The van der Waals surface area contributed by atoms with Crippen molar-refractivity contribution in [3.05, 3.63) is 29.3 Å². The molecule has 2 unspecified atom stereocenters. The first kappa shape index (κ1) is 31.1. The van der Waals surface area contributed by atoms with Crippen molar-refractivity contribution in [2.24, 2.45) is 0 Å². The van der Waals surface area contributed by atoms with E-state index in [9.17, 15) is 24.3 Å². The number of hydrogen-bond donors (Lipinski definition) is 4. The van der Waals surface area contributed by atoms with Crippen LogP contribution < -0.4 is 10.6 Å². The summed E-state index contributed by atoms with van der Waals surface area (Å²) in [5.74, 6) is -1.51. The Bertz CT molecular complexity index is 931. The van der Waals surface area contributed by atoms with E-state index < -0.39 is 47.6 Å². The van der Waals surface area contributed by atoms with Gasteiger partial charge in [-0.25, -0.2) is 4.79 Å². The summed E-state index contributed by atoms with van der Waals surface area (Å²) in [6.07, 6.45) is -0.815. The lowest BCUT2D eigenvalue weighted by Crippen LogP contribution is -2.55. The zero-order valence-corrected chi connectivity index (χ0v) is 23.0. The molecule has 0 fully saturated rings. The van der Waals surface area contributed by atoms with Crippen LogP contribution in [0.4, 0.5) is 4.79 Å². The smallest absolute Gasteiger partial charge is 0.408 e. The van der Waals surface area contributed by atoms with E-state index in [4.69, 9.17) is 9.47 Å². The second-order valence-electron chi connectivity index (χ2n) is 9.52. The van der Waals surface area contributed by atoms with Gasteiger partial charge < -0.3 is 30.1 Å². The number of aromatic hydroxyl groups is 1. The Morgan fingerprint density at radius 2 is 1.81 bits per heavy atom. The number of amides is 3. The Hall–Kier alpha value is -2.95. The van der Waals surface area contributed by atoms with Crippen molar-refractivity contribution >= 4 is 36.5 Å². The molecule has 1 aromatic carbocycles. The number of hydrogen-bond acceptors (Lipinski definition) is 8. The first-order valence-electron chi connectivity index (χ1n) is 11.9. The summed E-state index contributed by atoms with van der Waals surface area (Å²) < 4.78 is 10.2. The number of nitrogens with one attached hydrogen (secondary N) is 2. The molecule has 0 aromatic heterocycles. The quantitative estimate of drug-likeness (QED) is 0.258.